The molecule has 1 aromatic carbocycles. The highest BCUT2D eigenvalue weighted by Crippen LogP contribution is 2.27. The summed E-state index contributed by atoms with van der Waals surface area (Å²) in [5.41, 5.74) is 4.75. The van der Waals surface area contributed by atoms with E-state index in [1.165, 1.54) is 11.1 Å². The molecule has 5 nitrogen and oxygen atoms in total. The molecule has 0 atom stereocenters. The van der Waals surface area contributed by atoms with Crippen molar-refractivity contribution in [1.29, 1.82) is 0 Å². The van der Waals surface area contributed by atoms with Crippen LogP contribution in [0, 0.1) is 13.8 Å². The molecule has 2 aromatic heterocycles. The maximum absolute atomic E-state index is 4.50. The second-order valence-electron chi connectivity index (χ2n) is 8.26. The predicted molar refractivity (Wildman–Crippen MR) is 126 cm³/mol. The van der Waals surface area contributed by atoms with E-state index in [-0.39, 0.29) is 5.41 Å². The van der Waals surface area contributed by atoms with E-state index in [2.05, 4.69) is 76.3 Å². The lowest BCUT2D eigenvalue weighted by atomic mass is 9.87. The quantitative estimate of drug-likeness (QED) is 0.253. The minimum absolute atomic E-state index is 0.169. The van der Waals surface area contributed by atoms with Crippen LogP contribution in [0.15, 0.2) is 53.3 Å². The molecular formula is C23H29N5S2. The Morgan fingerprint density at radius 3 is 2.23 bits per heavy atom. The van der Waals surface area contributed by atoms with Gasteiger partial charge in [-0.1, -0.05) is 74.6 Å². The molecule has 0 fully saturated rings. The van der Waals surface area contributed by atoms with Gasteiger partial charge >= 0.3 is 0 Å². The third kappa shape index (κ3) is 5.95. The molecule has 0 aliphatic carbocycles. The van der Waals surface area contributed by atoms with Gasteiger partial charge in [0.1, 0.15) is 5.82 Å². The first kappa shape index (κ1) is 22.6. The van der Waals surface area contributed by atoms with Crippen molar-refractivity contribution in [2.75, 3.05) is 0 Å². The van der Waals surface area contributed by atoms with Crippen molar-refractivity contribution in [3.63, 3.8) is 0 Å². The third-order valence-electron chi connectivity index (χ3n) is 4.59. The molecule has 0 spiro atoms. The molecule has 0 radical (unpaired) electrons. The lowest BCUT2D eigenvalue weighted by molar-refractivity contribution is 0.590. The molecule has 30 heavy (non-hydrogen) atoms. The zero-order chi connectivity index (χ0) is 21.7. The van der Waals surface area contributed by atoms with Crippen molar-refractivity contribution in [3.05, 3.63) is 71.3 Å². The summed E-state index contributed by atoms with van der Waals surface area (Å²) in [6.07, 6.45) is 1.88. The molecule has 0 saturated carbocycles. The summed E-state index contributed by atoms with van der Waals surface area (Å²) < 4.78 is 2.12. The van der Waals surface area contributed by atoms with Gasteiger partial charge in [-0.25, -0.2) is 9.97 Å². The molecule has 3 rings (SSSR count). The van der Waals surface area contributed by atoms with Gasteiger partial charge in [0.2, 0.25) is 0 Å². The van der Waals surface area contributed by atoms with Gasteiger partial charge in [-0.2, -0.15) is 0 Å². The Balaban J connectivity index is 1.68. The third-order valence-corrected chi connectivity index (χ3v) is 6.47. The van der Waals surface area contributed by atoms with Crippen molar-refractivity contribution in [1.82, 2.24) is 24.7 Å². The number of allylic oxidation sites excluding steroid dienone is 1. The molecule has 0 aliphatic rings. The molecule has 0 saturated heterocycles. The second kappa shape index (κ2) is 9.79. The highest BCUT2D eigenvalue weighted by Gasteiger charge is 2.15. The van der Waals surface area contributed by atoms with Crippen LogP contribution in [0.4, 0.5) is 0 Å². The lowest BCUT2D eigenvalue weighted by Crippen LogP contribution is -2.10. The van der Waals surface area contributed by atoms with Gasteiger partial charge in [-0.3, -0.25) is 0 Å². The fourth-order valence-electron chi connectivity index (χ4n) is 2.98. The first-order valence-corrected chi connectivity index (χ1v) is 11.9. The number of hydrogen-bond acceptors (Lipinski definition) is 6. The molecule has 2 heterocycles. The minimum atomic E-state index is 0.169. The van der Waals surface area contributed by atoms with E-state index in [1.807, 2.05) is 26.0 Å². The van der Waals surface area contributed by atoms with E-state index < -0.39 is 0 Å². The molecule has 3 aromatic rings. The SMILES string of the molecule is C=CCn1c(CSc2nc(C)cc(C)n2)nnc1SCc1ccc(C(C)(C)C)cc1. The van der Waals surface area contributed by atoms with Gasteiger partial charge in [-0.05, 0) is 36.5 Å². The molecule has 0 unspecified atom stereocenters. The van der Waals surface area contributed by atoms with Crippen LogP contribution >= 0.6 is 23.5 Å². The number of aryl methyl sites for hydroxylation is 2. The number of thioether (sulfide) groups is 2. The molecule has 0 N–H and O–H groups in total. The smallest absolute Gasteiger partial charge is 0.191 e. The van der Waals surface area contributed by atoms with Gasteiger partial charge in [0.25, 0.3) is 0 Å². The average Bonchev–Trinajstić information content (AvgIpc) is 3.06. The monoisotopic (exact) mass is 439 g/mol. The first-order valence-electron chi connectivity index (χ1n) is 9.96. The standard InChI is InChI=1S/C23H29N5S2/c1-7-12-28-20(15-29-21-24-16(2)13-17(3)25-21)26-27-22(28)30-14-18-8-10-19(11-9-18)23(4,5)6/h7-11,13H,1,12,14-15H2,2-6H3. The summed E-state index contributed by atoms with van der Waals surface area (Å²) in [6, 6.07) is 10.8. The van der Waals surface area contributed by atoms with E-state index in [0.717, 1.165) is 33.3 Å². The van der Waals surface area contributed by atoms with Crippen molar-refractivity contribution < 1.29 is 0 Å². The lowest BCUT2D eigenvalue weighted by Gasteiger charge is -2.19. The Bertz CT molecular complexity index is 983. The maximum Gasteiger partial charge on any atom is 0.191 e. The number of benzene rings is 1. The van der Waals surface area contributed by atoms with E-state index in [4.69, 9.17) is 0 Å². The molecule has 158 valence electrons. The van der Waals surface area contributed by atoms with E-state index >= 15 is 0 Å². The zero-order valence-corrected chi connectivity index (χ0v) is 20.0. The Labute approximate surface area is 187 Å². The second-order valence-corrected chi connectivity index (χ2v) is 10.1. The number of nitrogens with zero attached hydrogens (tertiary/aromatic N) is 5. The fourth-order valence-corrected chi connectivity index (χ4v) is 4.79. The molecule has 0 aliphatic heterocycles. The molecule has 7 heteroatoms. The van der Waals surface area contributed by atoms with Gasteiger partial charge in [-0.15, -0.1) is 16.8 Å². The fraction of sp³-hybridized carbons (Fsp3) is 0.391. The maximum atomic E-state index is 4.50. The van der Waals surface area contributed by atoms with Gasteiger partial charge in [0.15, 0.2) is 10.3 Å². The average molecular weight is 440 g/mol. The van der Waals surface area contributed by atoms with Gasteiger partial charge in [0.05, 0.1) is 5.75 Å². The number of aromatic nitrogens is 5. The normalized spacial score (nSPS) is 11.6. The summed E-state index contributed by atoms with van der Waals surface area (Å²) in [6.45, 7) is 15.3. The zero-order valence-electron chi connectivity index (χ0n) is 18.3. The van der Waals surface area contributed by atoms with Crippen LogP contribution in [0.5, 0.6) is 0 Å². The van der Waals surface area contributed by atoms with Gasteiger partial charge in [0, 0.05) is 23.7 Å². The predicted octanol–water partition coefficient (Wildman–Crippen LogP) is 5.75. The largest absolute Gasteiger partial charge is 0.301 e. The van der Waals surface area contributed by atoms with Crippen LogP contribution in [0.25, 0.3) is 0 Å². The molecular weight excluding hydrogens is 410 g/mol. The summed E-state index contributed by atoms with van der Waals surface area (Å²) in [5.74, 6) is 2.44. The summed E-state index contributed by atoms with van der Waals surface area (Å²) >= 11 is 3.29. The van der Waals surface area contributed by atoms with Crippen molar-refractivity contribution in [2.24, 2.45) is 0 Å². The Morgan fingerprint density at radius 1 is 0.967 bits per heavy atom. The highest BCUT2D eigenvalue weighted by atomic mass is 32.2. The number of hydrogen-bond donors (Lipinski definition) is 0. The van der Waals surface area contributed by atoms with E-state index in [0.29, 0.717) is 12.3 Å². The van der Waals surface area contributed by atoms with Crippen LogP contribution in [-0.4, -0.2) is 24.7 Å². The Kier molecular flexibility index (Phi) is 7.36. The van der Waals surface area contributed by atoms with Crippen molar-refractivity contribution in [3.8, 4) is 0 Å². The molecule has 0 amide bonds. The summed E-state index contributed by atoms with van der Waals surface area (Å²) in [5, 5.41) is 10.5. The van der Waals surface area contributed by atoms with Crippen LogP contribution in [0.1, 0.15) is 49.1 Å². The van der Waals surface area contributed by atoms with Gasteiger partial charge < -0.3 is 4.57 Å². The number of rotatable bonds is 8. The van der Waals surface area contributed by atoms with Crippen molar-refractivity contribution in [2.45, 2.75) is 68.4 Å². The summed E-state index contributed by atoms with van der Waals surface area (Å²) in [7, 11) is 0. The minimum Gasteiger partial charge on any atom is -0.301 e. The molecule has 0 bridgehead atoms. The van der Waals surface area contributed by atoms with Crippen LogP contribution in [-0.2, 0) is 23.5 Å². The topological polar surface area (TPSA) is 56.5 Å². The summed E-state index contributed by atoms with van der Waals surface area (Å²) in [4.78, 5) is 9.00. The Morgan fingerprint density at radius 2 is 1.63 bits per heavy atom. The Hall–Kier alpha value is -2.12. The van der Waals surface area contributed by atoms with Crippen LogP contribution < -0.4 is 0 Å². The first-order chi connectivity index (χ1) is 14.3. The van der Waals surface area contributed by atoms with Crippen LogP contribution in [0.2, 0.25) is 0 Å². The van der Waals surface area contributed by atoms with Crippen molar-refractivity contribution >= 4 is 23.5 Å². The van der Waals surface area contributed by atoms with E-state index in [9.17, 15) is 0 Å². The van der Waals surface area contributed by atoms with E-state index in [1.54, 1.807) is 23.5 Å². The highest BCUT2D eigenvalue weighted by molar-refractivity contribution is 7.98. The van der Waals surface area contributed by atoms with Crippen LogP contribution in [0.3, 0.4) is 0 Å².